The lowest BCUT2D eigenvalue weighted by molar-refractivity contribution is 0.114. The highest BCUT2D eigenvalue weighted by Gasteiger charge is 2.28. The van der Waals surface area contributed by atoms with Crippen LogP contribution in [-0.4, -0.2) is 39.6 Å². The van der Waals surface area contributed by atoms with E-state index in [2.05, 4.69) is 15.0 Å². The van der Waals surface area contributed by atoms with Crippen LogP contribution in [0.1, 0.15) is 16.9 Å². The minimum absolute atomic E-state index is 0.00746. The van der Waals surface area contributed by atoms with Gasteiger partial charge < -0.3 is 33.1 Å². The van der Waals surface area contributed by atoms with Gasteiger partial charge in [-0.1, -0.05) is 35.9 Å². The summed E-state index contributed by atoms with van der Waals surface area (Å²) in [5.74, 6) is -1.52. The van der Waals surface area contributed by atoms with Gasteiger partial charge in [0.2, 0.25) is 5.95 Å². The summed E-state index contributed by atoms with van der Waals surface area (Å²) in [6.07, 6.45) is 0.879. The molecule has 0 fully saturated rings. The summed E-state index contributed by atoms with van der Waals surface area (Å²) >= 11 is 0. The summed E-state index contributed by atoms with van der Waals surface area (Å²) in [4.78, 5) is 34.4. The van der Waals surface area contributed by atoms with Gasteiger partial charge >= 0.3 is 13.4 Å². The highest BCUT2D eigenvalue weighted by atomic mass is 31.2. The van der Waals surface area contributed by atoms with Crippen LogP contribution in [0.4, 0.5) is 10.3 Å². The highest BCUT2D eigenvalue weighted by molar-refractivity contribution is 7.53. The predicted octanol–water partition coefficient (Wildman–Crippen LogP) is 3.97. The van der Waals surface area contributed by atoms with Crippen LogP contribution in [0, 0.1) is 12.7 Å². The number of aromatic amines is 1. The molecule has 5 rings (SSSR count). The van der Waals surface area contributed by atoms with Gasteiger partial charge in [0, 0.05) is 12.1 Å². The fourth-order valence-electron chi connectivity index (χ4n) is 4.04. The number of benzene rings is 2. The van der Waals surface area contributed by atoms with Crippen LogP contribution in [0.25, 0.3) is 22.5 Å². The van der Waals surface area contributed by atoms with E-state index >= 15 is 0 Å². The summed E-state index contributed by atoms with van der Waals surface area (Å²) in [5, 5.41) is 0. The molecule has 43 heavy (non-hydrogen) atoms. The summed E-state index contributed by atoms with van der Waals surface area (Å²) in [5.41, 5.74) is 7.40. The zero-order valence-electron chi connectivity index (χ0n) is 23.1. The van der Waals surface area contributed by atoms with Crippen molar-refractivity contribution in [1.29, 1.82) is 0 Å². The minimum Gasteiger partial charge on any atom is -0.494 e. The first kappa shape index (κ1) is 29.9. The fourth-order valence-corrected chi connectivity index (χ4v) is 5.28. The molecule has 2 aromatic carbocycles. The van der Waals surface area contributed by atoms with Crippen molar-refractivity contribution in [2.45, 2.75) is 26.7 Å². The molecule has 0 amide bonds. The van der Waals surface area contributed by atoms with E-state index in [9.17, 15) is 18.5 Å². The largest absolute Gasteiger partial charge is 0.519 e. The number of ether oxygens (including phenoxy) is 2. The van der Waals surface area contributed by atoms with Crippen LogP contribution in [0.15, 0.2) is 67.2 Å². The third-order valence-corrected chi connectivity index (χ3v) is 7.76. The smallest absolute Gasteiger partial charge is 0.494 e. The molecule has 3 heterocycles. The Bertz CT molecular complexity index is 1900. The molecule has 0 saturated carbocycles. The number of rotatable bonds is 13. The first-order chi connectivity index (χ1) is 20.6. The monoisotopic (exact) mass is 615 g/mol. The Morgan fingerprint density at radius 2 is 1.86 bits per heavy atom. The van der Waals surface area contributed by atoms with Crippen molar-refractivity contribution in [2.24, 2.45) is 0 Å². The van der Waals surface area contributed by atoms with Crippen LogP contribution in [-0.2, 0) is 38.1 Å². The number of hydrogen-bond donors (Lipinski definition) is 2. The molecule has 226 valence electrons. The van der Waals surface area contributed by atoms with Crippen LogP contribution < -0.4 is 21.9 Å². The lowest BCUT2D eigenvalue weighted by Crippen LogP contribution is -2.13. The molecular formula is C27H27FN5O9P. The second-order valence-corrected chi connectivity index (χ2v) is 11.3. The number of H-pyrrole nitrogens is 1. The van der Waals surface area contributed by atoms with E-state index in [1.165, 1.54) is 25.6 Å². The first-order valence-electron chi connectivity index (χ1n) is 12.8. The molecular weight excluding hydrogens is 588 g/mol. The molecule has 0 spiro atoms. The van der Waals surface area contributed by atoms with E-state index in [1.807, 2.05) is 19.1 Å². The quantitative estimate of drug-likeness (QED) is 0.144. The number of methoxy groups -OCH3 is 1. The number of nitrogen functional groups attached to an aromatic ring is 1. The average Bonchev–Trinajstić information content (AvgIpc) is 3.57. The Morgan fingerprint density at radius 3 is 2.60 bits per heavy atom. The lowest BCUT2D eigenvalue weighted by Gasteiger charge is -2.19. The number of nitrogens with two attached hydrogens (primary N) is 1. The second kappa shape index (κ2) is 12.8. The average molecular weight is 616 g/mol. The van der Waals surface area contributed by atoms with Gasteiger partial charge in [0.1, 0.15) is 13.0 Å². The van der Waals surface area contributed by atoms with E-state index in [1.54, 1.807) is 22.8 Å². The Labute approximate surface area is 242 Å². The molecule has 0 bridgehead atoms. The van der Waals surface area contributed by atoms with Crippen LogP contribution >= 0.6 is 7.60 Å². The van der Waals surface area contributed by atoms with Gasteiger partial charge in [0.15, 0.2) is 34.3 Å². The molecule has 1 unspecified atom stereocenters. The highest BCUT2D eigenvalue weighted by Crippen LogP contribution is 2.50. The van der Waals surface area contributed by atoms with Crippen molar-refractivity contribution in [1.82, 2.24) is 19.5 Å². The van der Waals surface area contributed by atoms with Crippen LogP contribution in [0.3, 0.4) is 0 Å². The van der Waals surface area contributed by atoms with E-state index < -0.39 is 37.7 Å². The molecule has 3 aromatic heterocycles. The Kier molecular flexibility index (Phi) is 8.87. The normalized spacial score (nSPS) is 12.9. The zero-order chi connectivity index (χ0) is 30.6. The van der Waals surface area contributed by atoms with Crippen molar-refractivity contribution < 1.29 is 36.3 Å². The number of nitrogens with zero attached hydrogens (tertiary/aromatic N) is 3. The standard InChI is InChI=1S/C27H27FN5O9P/c1-16-3-6-18(7-4-16)23-21(41-27(35)42-23)13-40-43(36,39-12-17-5-8-20(37-2)19(28)11-17)15-38-10-9-33-14-30-22-24(33)31-26(29)32-25(22)34/h3-8,11,14H,9-10,12-13,15H2,1-2H3,(H3,29,31,32,34). The maximum Gasteiger partial charge on any atom is 0.519 e. The molecule has 0 aliphatic carbocycles. The Hall–Kier alpha value is -4.56. The number of hydrogen-bond acceptors (Lipinski definition) is 12. The third kappa shape index (κ3) is 7.09. The second-order valence-electron chi connectivity index (χ2n) is 9.30. The molecule has 5 aromatic rings. The summed E-state index contributed by atoms with van der Waals surface area (Å²) in [6.45, 7) is 1.32. The summed E-state index contributed by atoms with van der Waals surface area (Å²) < 4.78 is 61.8. The van der Waals surface area contributed by atoms with Crippen molar-refractivity contribution in [3.8, 4) is 17.1 Å². The minimum atomic E-state index is -4.06. The molecule has 3 N–H and O–H groups in total. The number of nitrogens with one attached hydrogen (secondary N) is 1. The van der Waals surface area contributed by atoms with Crippen molar-refractivity contribution in [3.05, 3.63) is 92.5 Å². The predicted molar refractivity (Wildman–Crippen MR) is 151 cm³/mol. The van der Waals surface area contributed by atoms with Gasteiger partial charge in [0.25, 0.3) is 5.56 Å². The van der Waals surface area contributed by atoms with Gasteiger partial charge in [0.05, 0.1) is 26.7 Å². The van der Waals surface area contributed by atoms with Gasteiger partial charge in [-0.05, 0) is 24.6 Å². The van der Waals surface area contributed by atoms with E-state index in [0.717, 1.165) is 5.56 Å². The first-order valence-corrected chi connectivity index (χ1v) is 14.6. The van der Waals surface area contributed by atoms with Crippen molar-refractivity contribution in [3.63, 3.8) is 0 Å². The molecule has 1 atom stereocenters. The van der Waals surface area contributed by atoms with Crippen LogP contribution in [0.5, 0.6) is 5.75 Å². The molecule has 16 heteroatoms. The van der Waals surface area contributed by atoms with Crippen molar-refractivity contribution in [2.75, 3.05) is 25.8 Å². The maximum absolute atomic E-state index is 14.2. The number of aromatic nitrogens is 4. The van der Waals surface area contributed by atoms with E-state index in [-0.39, 0.29) is 54.1 Å². The van der Waals surface area contributed by atoms with Gasteiger partial charge in [-0.3, -0.25) is 18.9 Å². The van der Waals surface area contributed by atoms with E-state index in [4.69, 9.17) is 33.1 Å². The number of imidazole rings is 1. The number of aryl methyl sites for hydroxylation is 1. The van der Waals surface area contributed by atoms with E-state index in [0.29, 0.717) is 11.1 Å². The van der Waals surface area contributed by atoms with Gasteiger partial charge in [-0.15, -0.1) is 0 Å². The van der Waals surface area contributed by atoms with Crippen molar-refractivity contribution >= 4 is 24.7 Å². The number of halogens is 1. The topological polar surface area (TPSA) is 187 Å². The zero-order valence-corrected chi connectivity index (χ0v) is 24.0. The summed E-state index contributed by atoms with van der Waals surface area (Å²) in [7, 11) is -2.72. The molecule has 0 saturated heterocycles. The summed E-state index contributed by atoms with van der Waals surface area (Å²) in [6, 6.07) is 11.3. The number of anilines is 1. The third-order valence-electron chi connectivity index (χ3n) is 6.21. The molecule has 0 aliphatic heterocycles. The molecule has 14 nitrogen and oxygen atoms in total. The lowest BCUT2D eigenvalue weighted by atomic mass is 10.1. The van der Waals surface area contributed by atoms with Gasteiger partial charge in [-0.25, -0.2) is 14.2 Å². The fraction of sp³-hybridized carbons (Fsp3) is 0.259. The molecule has 0 aliphatic rings. The molecule has 0 radical (unpaired) electrons. The Morgan fingerprint density at radius 1 is 1.09 bits per heavy atom. The van der Waals surface area contributed by atoms with Crippen LogP contribution in [0.2, 0.25) is 0 Å². The Balaban J connectivity index is 1.30. The number of fused-ring (bicyclic) bond motifs is 1. The maximum atomic E-state index is 14.2. The SMILES string of the molecule is COc1ccc(COP(=O)(COCCn2cnc3c(=O)[nH]c(N)nc32)OCc2oc(=O)oc2-c2ccc(C)cc2)cc1F. The van der Waals surface area contributed by atoms with Gasteiger partial charge in [-0.2, -0.15) is 4.98 Å².